The van der Waals surface area contributed by atoms with Crippen LogP contribution in [0.4, 0.5) is 5.95 Å². The Bertz CT molecular complexity index is 2960. The average Bonchev–Trinajstić information content (AvgIpc) is 4.13. The van der Waals surface area contributed by atoms with Gasteiger partial charge in [-0.2, -0.15) is 10.4 Å². The summed E-state index contributed by atoms with van der Waals surface area (Å²) < 4.78 is 14.4. The number of nitrogens with zero attached hydrogens (tertiary/aromatic N) is 9. The first kappa shape index (κ1) is 49.1. The molecular weight excluding hydrogens is 938 g/mol. The number of rotatable bonds is 15. The molecule has 368 valence electrons. The van der Waals surface area contributed by atoms with Crippen molar-refractivity contribution in [1.29, 1.82) is 5.26 Å². The second-order valence-electron chi connectivity index (χ2n) is 20.3. The van der Waals surface area contributed by atoms with Crippen molar-refractivity contribution in [3.05, 3.63) is 118 Å². The van der Waals surface area contributed by atoms with Crippen molar-refractivity contribution < 1.29 is 23.9 Å². The molecule has 9 rings (SSSR count). The summed E-state index contributed by atoms with van der Waals surface area (Å²) in [5.41, 5.74) is 6.44. The van der Waals surface area contributed by atoms with E-state index >= 15 is 0 Å². The van der Waals surface area contributed by atoms with Crippen molar-refractivity contribution in [3.63, 3.8) is 0 Å². The van der Waals surface area contributed by atoms with E-state index < -0.39 is 22.9 Å². The predicted molar refractivity (Wildman–Crippen MR) is 271 cm³/mol. The normalized spacial score (nSPS) is 20.0. The number of carbonyl (C=O) groups is 3. The standard InChI is InChI=1S/C53H58ClN11O5S/c1-30(2)44(48(68)64-19-9-10-42(64)47(67)61-31(3)33-11-13-34(14-12-33)45-32(4)59-29-71-45)65-26-38(25-60-65)35-17-18-56-43(20-35)69-40-27-63(28-40)51-57-23-37(24-58-51)46(66)62-49-52(5,6)50(53(49,7)8)70-39-16-15-36(22-55)41(54)21-39/h11-18,20-21,23-26,29-31,40,42,44,49-50H,9-10,19,27-28H2,1-8H3,(H,61,67)(H,62,66)/t31-,42-,44-,49?,50?/m0/s1. The van der Waals surface area contributed by atoms with Crippen LogP contribution in [0.5, 0.6) is 11.6 Å². The van der Waals surface area contributed by atoms with E-state index in [1.54, 1.807) is 51.5 Å². The summed E-state index contributed by atoms with van der Waals surface area (Å²) >= 11 is 7.87. The zero-order valence-electron chi connectivity index (χ0n) is 41.1. The topological polar surface area (TPSA) is 193 Å². The number of aryl methyl sites for hydroxylation is 1. The number of carbonyl (C=O) groups excluding carboxylic acids is 3. The number of benzene rings is 2. The molecule has 3 fully saturated rings. The molecule has 0 bridgehead atoms. The van der Waals surface area contributed by atoms with E-state index in [0.717, 1.165) is 39.2 Å². The smallest absolute Gasteiger partial charge is 0.254 e. The van der Waals surface area contributed by atoms with Gasteiger partial charge in [-0.3, -0.25) is 19.1 Å². The van der Waals surface area contributed by atoms with Crippen molar-refractivity contribution in [2.45, 2.75) is 105 Å². The van der Waals surface area contributed by atoms with Crippen molar-refractivity contribution in [2.24, 2.45) is 16.7 Å². The molecule has 3 amide bonds. The van der Waals surface area contributed by atoms with Gasteiger partial charge in [-0.25, -0.2) is 19.9 Å². The number of anilines is 1. The van der Waals surface area contributed by atoms with Gasteiger partial charge in [-0.15, -0.1) is 11.3 Å². The molecule has 6 aromatic rings. The van der Waals surface area contributed by atoms with E-state index in [-0.39, 0.29) is 47.9 Å². The lowest BCUT2D eigenvalue weighted by Gasteiger charge is -2.63. The minimum atomic E-state index is -0.612. The fraction of sp³-hybridized carbons (Fsp3) is 0.415. The number of likely N-dealkylation sites (tertiary alicyclic amines) is 1. The van der Waals surface area contributed by atoms with Gasteiger partial charge < -0.3 is 29.9 Å². The number of aromatic nitrogens is 6. The molecule has 2 aromatic carbocycles. The van der Waals surface area contributed by atoms with Crippen molar-refractivity contribution >= 4 is 46.6 Å². The van der Waals surface area contributed by atoms with Gasteiger partial charge in [-0.1, -0.05) is 77.4 Å². The van der Waals surface area contributed by atoms with Crippen molar-refractivity contribution in [1.82, 2.24) is 45.2 Å². The van der Waals surface area contributed by atoms with Crippen molar-refractivity contribution in [2.75, 3.05) is 24.5 Å². The number of hydrogen-bond acceptors (Lipinski definition) is 13. The number of nitriles is 1. The molecule has 3 atom stereocenters. The molecule has 2 saturated heterocycles. The predicted octanol–water partition coefficient (Wildman–Crippen LogP) is 8.64. The highest BCUT2D eigenvalue weighted by Crippen LogP contribution is 2.55. The molecule has 71 heavy (non-hydrogen) atoms. The van der Waals surface area contributed by atoms with Gasteiger partial charge in [0.15, 0.2) is 0 Å². The zero-order valence-corrected chi connectivity index (χ0v) is 42.7. The summed E-state index contributed by atoms with van der Waals surface area (Å²) in [5, 5.41) is 20.6. The van der Waals surface area contributed by atoms with E-state index in [4.69, 9.17) is 21.1 Å². The van der Waals surface area contributed by atoms with E-state index in [1.165, 1.54) is 12.4 Å². The second-order valence-corrected chi connectivity index (χ2v) is 21.6. The van der Waals surface area contributed by atoms with Crippen LogP contribution in [-0.4, -0.2) is 96.3 Å². The van der Waals surface area contributed by atoms with Crippen LogP contribution < -0.4 is 25.0 Å². The van der Waals surface area contributed by atoms with E-state index in [2.05, 4.69) is 81.6 Å². The fourth-order valence-electron chi connectivity index (χ4n) is 10.6. The molecule has 2 aliphatic heterocycles. The van der Waals surface area contributed by atoms with Crippen LogP contribution in [0.25, 0.3) is 21.6 Å². The van der Waals surface area contributed by atoms with Gasteiger partial charge in [0.1, 0.15) is 36.1 Å². The number of nitrogens with one attached hydrogen (secondary N) is 2. The van der Waals surface area contributed by atoms with Crippen LogP contribution >= 0.6 is 22.9 Å². The van der Waals surface area contributed by atoms with Crippen LogP contribution in [0.2, 0.25) is 5.02 Å². The molecule has 0 unspecified atom stereocenters. The number of hydrogen-bond donors (Lipinski definition) is 2. The Morgan fingerprint density at radius 1 is 0.901 bits per heavy atom. The summed E-state index contributed by atoms with van der Waals surface area (Å²) in [5.74, 6) is 0.841. The third kappa shape index (κ3) is 9.79. The van der Waals surface area contributed by atoms with Crippen LogP contribution in [0.1, 0.15) is 101 Å². The molecule has 0 spiro atoms. The SMILES string of the molecule is Cc1ncsc1-c1ccc([C@H](C)NC(=O)[C@@H]2CCCN2C(=O)[C@H](C(C)C)n2cc(-c3ccnc(OC4CN(c5ncc(C(=O)NC6C(C)(C)C(Oc7ccc(C#N)c(Cl)c7)C6(C)C)cn5)C4)c3)cn2)cc1. The van der Waals surface area contributed by atoms with E-state index in [9.17, 15) is 19.6 Å². The quantitative estimate of drug-likeness (QED) is 0.0997. The van der Waals surface area contributed by atoms with Gasteiger partial charge in [0.05, 0.1) is 57.6 Å². The van der Waals surface area contributed by atoms with Crippen LogP contribution in [0.3, 0.4) is 0 Å². The Labute approximate surface area is 422 Å². The molecule has 3 aliphatic rings. The maximum atomic E-state index is 14.4. The largest absolute Gasteiger partial charge is 0.489 e. The number of amides is 3. The molecule has 6 heterocycles. The zero-order chi connectivity index (χ0) is 50.4. The van der Waals surface area contributed by atoms with Crippen LogP contribution in [0, 0.1) is 35.0 Å². The Morgan fingerprint density at radius 3 is 2.30 bits per heavy atom. The molecule has 0 radical (unpaired) electrons. The third-order valence-electron chi connectivity index (χ3n) is 14.2. The maximum absolute atomic E-state index is 14.4. The molecule has 1 saturated carbocycles. The van der Waals surface area contributed by atoms with Crippen molar-refractivity contribution in [3.8, 4) is 39.3 Å². The number of pyridine rings is 1. The summed E-state index contributed by atoms with van der Waals surface area (Å²) in [7, 11) is 0. The highest BCUT2D eigenvalue weighted by Gasteiger charge is 2.64. The summed E-state index contributed by atoms with van der Waals surface area (Å²) in [6.07, 6.45) is 9.30. The monoisotopic (exact) mass is 995 g/mol. The Balaban J connectivity index is 0.768. The molecule has 2 N–H and O–H groups in total. The first-order chi connectivity index (χ1) is 33.9. The highest BCUT2D eigenvalue weighted by molar-refractivity contribution is 7.13. The lowest BCUT2D eigenvalue weighted by Crippen LogP contribution is -2.74. The van der Waals surface area contributed by atoms with Gasteiger partial charge in [0.25, 0.3) is 5.91 Å². The van der Waals surface area contributed by atoms with E-state index in [1.807, 2.05) is 68.6 Å². The molecule has 16 nitrogen and oxygen atoms in total. The second kappa shape index (κ2) is 19.7. The van der Waals surface area contributed by atoms with Gasteiger partial charge in [-0.05, 0) is 67.5 Å². The Morgan fingerprint density at radius 2 is 1.63 bits per heavy atom. The minimum Gasteiger partial charge on any atom is -0.489 e. The summed E-state index contributed by atoms with van der Waals surface area (Å²) in [6, 6.07) is 17.4. The van der Waals surface area contributed by atoms with Gasteiger partial charge >= 0.3 is 0 Å². The first-order valence-corrected chi connectivity index (χ1v) is 25.2. The Hall–Kier alpha value is -6.90. The fourth-order valence-corrected chi connectivity index (χ4v) is 11.6. The molecule has 1 aliphatic carbocycles. The molecular formula is C53H58ClN11O5S. The third-order valence-corrected chi connectivity index (χ3v) is 15.5. The van der Waals surface area contributed by atoms with E-state index in [0.29, 0.717) is 59.8 Å². The number of thiazole rings is 1. The average molecular weight is 997 g/mol. The number of ether oxygens (including phenoxy) is 2. The lowest BCUT2D eigenvalue weighted by atomic mass is 9.49. The summed E-state index contributed by atoms with van der Waals surface area (Å²) in [4.78, 5) is 64.3. The summed E-state index contributed by atoms with van der Waals surface area (Å²) in [6.45, 7) is 17.7. The van der Waals surface area contributed by atoms with Gasteiger partial charge in [0.2, 0.25) is 23.6 Å². The lowest BCUT2D eigenvalue weighted by molar-refractivity contribution is -0.164. The minimum absolute atomic E-state index is 0.0981. The van der Waals surface area contributed by atoms with Gasteiger partial charge in [0, 0.05) is 65.9 Å². The van der Waals surface area contributed by atoms with Crippen LogP contribution in [-0.2, 0) is 9.59 Å². The maximum Gasteiger partial charge on any atom is 0.254 e. The van der Waals surface area contributed by atoms with Crippen LogP contribution in [0.15, 0.2) is 91.1 Å². The first-order valence-electron chi connectivity index (χ1n) is 24.0. The highest BCUT2D eigenvalue weighted by atomic mass is 35.5. The molecule has 4 aromatic heterocycles. The Kier molecular flexibility index (Phi) is 13.6. The number of halogens is 1. The molecule has 18 heteroatoms.